The molecule has 3 aromatic rings. The van der Waals surface area contributed by atoms with Gasteiger partial charge in [-0.1, -0.05) is 54.6 Å². The van der Waals surface area contributed by atoms with Crippen LogP contribution in [0.5, 0.6) is 0 Å². The van der Waals surface area contributed by atoms with Gasteiger partial charge in [0.1, 0.15) is 0 Å². The van der Waals surface area contributed by atoms with E-state index in [0.29, 0.717) is 18.6 Å². The minimum absolute atomic E-state index is 0.0835. The van der Waals surface area contributed by atoms with Crippen molar-refractivity contribution in [3.63, 3.8) is 0 Å². The van der Waals surface area contributed by atoms with Crippen LogP contribution >= 0.6 is 0 Å². The van der Waals surface area contributed by atoms with Crippen molar-refractivity contribution in [1.29, 1.82) is 5.26 Å². The highest BCUT2D eigenvalue weighted by atomic mass is 16.5. The minimum Gasteiger partial charge on any atom is -0.372 e. The second-order valence-corrected chi connectivity index (χ2v) is 10.2. The molecule has 6 heteroatoms. The van der Waals surface area contributed by atoms with E-state index in [-0.39, 0.29) is 12.0 Å². The SMILES string of the molecule is N#Cc1ccc(CO[C@@H](CN2CCN(C(=O)Cc3ccccc3)CC2)c2cccc(N3CCCC3)c2)cc1. The molecule has 3 aromatic carbocycles. The quantitative estimate of drug-likeness (QED) is 0.415. The van der Waals surface area contributed by atoms with Crippen LogP contribution in [0.25, 0.3) is 0 Å². The molecule has 2 saturated heterocycles. The summed E-state index contributed by atoms with van der Waals surface area (Å²) >= 11 is 0. The van der Waals surface area contributed by atoms with Crippen LogP contribution in [0.15, 0.2) is 78.9 Å². The standard InChI is InChI=1S/C32H36N4O2/c33-23-27-11-13-28(14-12-27)25-38-31(29-9-6-10-30(22-29)35-15-4-5-16-35)24-34-17-19-36(20-18-34)32(37)21-26-7-2-1-3-8-26/h1-3,6-14,22,31H,4-5,15-21,24-25H2/t31-/m0/s1. The van der Waals surface area contributed by atoms with Crippen molar-refractivity contribution in [2.75, 3.05) is 50.7 Å². The number of hydrogen-bond donors (Lipinski definition) is 0. The lowest BCUT2D eigenvalue weighted by Gasteiger charge is -2.36. The van der Waals surface area contributed by atoms with Crippen molar-refractivity contribution in [3.05, 3.63) is 101 Å². The fraction of sp³-hybridized carbons (Fsp3) is 0.375. The average molecular weight is 509 g/mol. The maximum Gasteiger partial charge on any atom is 0.227 e. The number of rotatable bonds is 9. The van der Waals surface area contributed by atoms with Crippen molar-refractivity contribution in [3.8, 4) is 6.07 Å². The molecular weight excluding hydrogens is 472 g/mol. The zero-order valence-electron chi connectivity index (χ0n) is 22.0. The molecule has 0 spiro atoms. The minimum atomic E-state index is -0.0835. The number of piperazine rings is 1. The van der Waals surface area contributed by atoms with Crippen LogP contribution in [0, 0.1) is 11.3 Å². The molecule has 0 aliphatic carbocycles. The molecule has 0 saturated carbocycles. The first-order valence-corrected chi connectivity index (χ1v) is 13.7. The Morgan fingerprint density at radius 2 is 1.58 bits per heavy atom. The molecule has 0 aromatic heterocycles. The van der Waals surface area contributed by atoms with E-state index < -0.39 is 0 Å². The number of hydrogen-bond acceptors (Lipinski definition) is 5. The van der Waals surface area contributed by atoms with Gasteiger partial charge >= 0.3 is 0 Å². The first-order valence-electron chi connectivity index (χ1n) is 13.7. The fourth-order valence-electron chi connectivity index (χ4n) is 5.32. The highest BCUT2D eigenvalue weighted by Gasteiger charge is 2.25. The topological polar surface area (TPSA) is 59.8 Å². The van der Waals surface area contributed by atoms with E-state index in [0.717, 1.165) is 56.9 Å². The highest BCUT2D eigenvalue weighted by Crippen LogP contribution is 2.27. The molecule has 1 amide bonds. The van der Waals surface area contributed by atoms with Gasteiger partial charge in [0.15, 0.2) is 0 Å². The lowest BCUT2D eigenvalue weighted by atomic mass is 10.1. The van der Waals surface area contributed by atoms with Gasteiger partial charge in [-0.2, -0.15) is 5.26 Å². The van der Waals surface area contributed by atoms with Gasteiger partial charge in [-0.25, -0.2) is 0 Å². The maximum absolute atomic E-state index is 12.8. The molecule has 0 unspecified atom stereocenters. The van der Waals surface area contributed by atoms with E-state index in [1.807, 2.05) is 59.5 Å². The van der Waals surface area contributed by atoms with Crippen molar-refractivity contribution in [2.45, 2.75) is 32.0 Å². The van der Waals surface area contributed by atoms with Crippen molar-refractivity contribution in [1.82, 2.24) is 9.80 Å². The van der Waals surface area contributed by atoms with E-state index in [2.05, 4.69) is 40.1 Å². The molecule has 0 N–H and O–H groups in total. The largest absolute Gasteiger partial charge is 0.372 e. The lowest BCUT2D eigenvalue weighted by molar-refractivity contribution is -0.132. The molecule has 38 heavy (non-hydrogen) atoms. The number of ether oxygens (including phenoxy) is 1. The number of nitriles is 1. The summed E-state index contributed by atoms with van der Waals surface area (Å²) in [4.78, 5) is 19.7. The molecule has 2 heterocycles. The Morgan fingerprint density at radius 1 is 0.842 bits per heavy atom. The number of carbonyl (C=O) groups is 1. The normalized spacial score (nSPS) is 16.8. The number of amides is 1. The second kappa shape index (κ2) is 12.7. The molecule has 2 aliphatic rings. The molecule has 1 atom stereocenters. The van der Waals surface area contributed by atoms with Gasteiger partial charge in [0, 0.05) is 51.5 Å². The van der Waals surface area contributed by atoms with Crippen LogP contribution in [0.3, 0.4) is 0 Å². The lowest BCUT2D eigenvalue weighted by Crippen LogP contribution is -2.50. The number of anilines is 1. The highest BCUT2D eigenvalue weighted by molar-refractivity contribution is 5.78. The average Bonchev–Trinajstić information content (AvgIpc) is 3.52. The van der Waals surface area contributed by atoms with Crippen LogP contribution in [-0.4, -0.2) is 61.5 Å². The fourth-order valence-corrected chi connectivity index (χ4v) is 5.32. The predicted molar refractivity (Wildman–Crippen MR) is 150 cm³/mol. The van der Waals surface area contributed by atoms with Gasteiger partial charge in [0.25, 0.3) is 0 Å². The van der Waals surface area contributed by atoms with E-state index in [4.69, 9.17) is 10.00 Å². The van der Waals surface area contributed by atoms with E-state index in [9.17, 15) is 4.79 Å². The third kappa shape index (κ3) is 6.80. The van der Waals surface area contributed by atoms with Gasteiger partial charge in [0.05, 0.1) is 30.8 Å². The van der Waals surface area contributed by atoms with Crippen molar-refractivity contribution < 1.29 is 9.53 Å². The maximum atomic E-state index is 12.8. The summed E-state index contributed by atoms with van der Waals surface area (Å²) in [6, 6.07) is 28.6. The third-order valence-corrected chi connectivity index (χ3v) is 7.59. The molecule has 6 nitrogen and oxygen atoms in total. The Morgan fingerprint density at radius 3 is 2.29 bits per heavy atom. The summed E-state index contributed by atoms with van der Waals surface area (Å²) < 4.78 is 6.54. The van der Waals surface area contributed by atoms with Crippen LogP contribution < -0.4 is 4.90 Å². The molecule has 2 aliphatic heterocycles. The number of carbonyl (C=O) groups excluding carboxylic acids is 1. The van der Waals surface area contributed by atoms with Gasteiger partial charge in [0.2, 0.25) is 5.91 Å². The van der Waals surface area contributed by atoms with Crippen LogP contribution in [0.1, 0.15) is 41.2 Å². The summed E-state index contributed by atoms with van der Waals surface area (Å²) in [5.41, 5.74) is 5.23. The van der Waals surface area contributed by atoms with Gasteiger partial charge in [-0.3, -0.25) is 9.69 Å². The van der Waals surface area contributed by atoms with Crippen molar-refractivity contribution in [2.24, 2.45) is 0 Å². The van der Waals surface area contributed by atoms with Gasteiger partial charge < -0.3 is 14.5 Å². The van der Waals surface area contributed by atoms with Gasteiger partial charge in [-0.05, 0) is 53.8 Å². The Hall–Kier alpha value is -3.66. The molecular formula is C32H36N4O2. The molecule has 0 bridgehead atoms. The zero-order chi connectivity index (χ0) is 26.2. The van der Waals surface area contributed by atoms with Crippen LogP contribution in [0.4, 0.5) is 5.69 Å². The first-order chi connectivity index (χ1) is 18.7. The summed E-state index contributed by atoms with van der Waals surface area (Å²) in [5, 5.41) is 9.10. The predicted octanol–water partition coefficient (Wildman–Crippen LogP) is 4.80. The van der Waals surface area contributed by atoms with E-state index >= 15 is 0 Å². The van der Waals surface area contributed by atoms with Gasteiger partial charge in [-0.15, -0.1) is 0 Å². The first kappa shape index (κ1) is 26.0. The summed E-state index contributed by atoms with van der Waals surface area (Å²) in [6.07, 6.45) is 2.87. The summed E-state index contributed by atoms with van der Waals surface area (Å²) in [7, 11) is 0. The molecule has 2 fully saturated rings. The number of benzene rings is 3. The van der Waals surface area contributed by atoms with E-state index in [1.54, 1.807) is 0 Å². The third-order valence-electron chi connectivity index (χ3n) is 7.59. The zero-order valence-corrected chi connectivity index (χ0v) is 22.0. The van der Waals surface area contributed by atoms with Crippen LogP contribution in [0.2, 0.25) is 0 Å². The Balaban J connectivity index is 1.23. The molecule has 0 radical (unpaired) electrons. The Labute approximate surface area is 226 Å². The Kier molecular flexibility index (Phi) is 8.70. The van der Waals surface area contributed by atoms with Crippen LogP contribution in [-0.2, 0) is 22.6 Å². The second-order valence-electron chi connectivity index (χ2n) is 10.2. The summed E-state index contributed by atoms with van der Waals surface area (Å²) in [5.74, 6) is 0.197. The number of nitrogens with zero attached hydrogens (tertiary/aromatic N) is 4. The Bertz CT molecular complexity index is 1220. The summed E-state index contributed by atoms with van der Waals surface area (Å²) in [6.45, 7) is 6.63. The monoisotopic (exact) mass is 508 g/mol. The smallest absolute Gasteiger partial charge is 0.227 e. The molecule has 5 rings (SSSR count). The molecule has 196 valence electrons. The van der Waals surface area contributed by atoms with E-state index in [1.165, 1.54) is 24.1 Å². The van der Waals surface area contributed by atoms with Crippen molar-refractivity contribution >= 4 is 11.6 Å².